The molecular weight excluding hydrogens is 411 g/mol. The van der Waals surface area contributed by atoms with Crippen LogP contribution >= 0.6 is 11.6 Å². The predicted octanol–water partition coefficient (Wildman–Crippen LogP) is 5.02. The maximum atomic E-state index is 12.5. The van der Waals surface area contributed by atoms with Crippen LogP contribution in [0, 0.1) is 18.3 Å². The first-order chi connectivity index (χ1) is 13.5. The number of hydrogen-bond donors (Lipinski definition) is 1. The van der Waals surface area contributed by atoms with Crippen LogP contribution in [0.3, 0.4) is 0 Å². The van der Waals surface area contributed by atoms with Gasteiger partial charge in [0.25, 0.3) is 0 Å². The molecule has 0 spiro atoms. The van der Waals surface area contributed by atoms with Gasteiger partial charge in [0.05, 0.1) is 5.02 Å². The van der Waals surface area contributed by atoms with Crippen LogP contribution in [0.5, 0.6) is 5.75 Å². The molecule has 1 atom stereocenters. The van der Waals surface area contributed by atoms with E-state index in [1.165, 1.54) is 6.92 Å². The van der Waals surface area contributed by atoms with Gasteiger partial charge in [-0.05, 0) is 43.4 Å². The van der Waals surface area contributed by atoms with Crippen molar-refractivity contribution in [2.24, 2.45) is 5.92 Å². The molecule has 0 aliphatic heterocycles. The quantitative estimate of drug-likeness (QED) is 0.642. The number of halogens is 4. The lowest BCUT2D eigenvalue weighted by Gasteiger charge is -2.40. The zero-order valence-corrected chi connectivity index (χ0v) is 16.5. The average molecular weight is 432 g/mol. The van der Waals surface area contributed by atoms with E-state index in [9.17, 15) is 27.9 Å². The molecule has 1 aliphatic rings. The molecule has 1 aliphatic carbocycles. The van der Waals surface area contributed by atoms with Crippen molar-refractivity contribution in [3.05, 3.63) is 23.2 Å². The van der Waals surface area contributed by atoms with Gasteiger partial charge in [-0.3, -0.25) is 9.69 Å². The second-order valence-corrected chi connectivity index (χ2v) is 7.64. The van der Waals surface area contributed by atoms with Gasteiger partial charge in [-0.25, -0.2) is 4.79 Å². The number of alkyl halides is 3. The Balaban J connectivity index is 2.45. The summed E-state index contributed by atoms with van der Waals surface area (Å²) in [5.74, 6) is -0.869. The maximum absolute atomic E-state index is 12.5. The normalized spacial score (nSPS) is 17.1. The monoisotopic (exact) mass is 431 g/mol. The van der Waals surface area contributed by atoms with E-state index in [4.69, 9.17) is 18.0 Å². The lowest BCUT2D eigenvalue weighted by atomic mass is 9.79. The highest BCUT2D eigenvalue weighted by Crippen LogP contribution is 2.39. The average Bonchev–Trinajstić information content (AvgIpc) is 2.63. The topological polar surface area (TPSA) is 66.8 Å². The SMILES string of the molecule is C#CC(=O)N(c1ccc(OC(F)(F)F)c(Cl)c1)C(C)(CC1CCCCC1)C(=O)O. The van der Waals surface area contributed by atoms with Crippen LogP contribution in [0.2, 0.25) is 5.02 Å². The first kappa shape index (κ1) is 22.9. The Morgan fingerprint density at radius 1 is 1.31 bits per heavy atom. The van der Waals surface area contributed by atoms with Gasteiger partial charge in [0, 0.05) is 5.69 Å². The number of nitrogens with zero attached hydrogens (tertiary/aromatic N) is 1. The minimum Gasteiger partial charge on any atom is -0.479 e. The number of carbonyl (C=O) groups is 2. The number of carboxylic acid groups (broad SMARTS) is 1. The first-order valence-electron chi connectivity index (χ1n) is 9.07. The van der Waals surface area contributed by atoms with E-state index in [-0.39, 0.29) is 18.0 Å². The molecule has 1 saturated carbocycles. The number of terminal acetylenes is 1. The fraction of sp³-hybridized carbons (Fsp3) is 0.500. The second kappa shape index (κ2) is 8.95. The maximum Gasteiger partial charge on any atom is 0.573 e. The predicted molar refractivity (Wildman–Crippen MR) is 102 cm³/mol. The van der Waals surface area contributed by atoms with Crippen molar-refractivity contribution in [3.63, 3.8) is 0 Å². The number of carbonyl (C=O) groups excluding carboxylic acids is 1. The Morgan fingerprint density at radius 3 is 2.41 bits per heavy atom. The highest BCUT2D eigenvalue weighted by molar-refractivity contribution is 6.32. The van der Waals surface area contributed by atoms with Crippen LogP contribution in [0.15, 0.2) is 18.2 Å². The van der Waals surface area contributed by atoms with Gasteiger partial charge >= 0.3 is 18.2 Å². The fourth-order valence-electron chi connectivity index (χ4n) is 3.75. The van der Waals surface area contributed by atoms with Crippen molar-refractivity contribution in [1.82, 2.24) is 0 Å². The number of carboxylic acids is 1. The lowest BCUT2D eigenvalue weighted by molar-refractivity contribution is -0.274. The molecule has 0 aromatic heterocycles. The lowest BCUT2D eigenvalue weighted by Crippen LogP contribution is -2.56. The minimum atomic E-state index is -4.95. The molecule has 2 rings (SSSR count). The summed E-state index contributed by atoms with van der Waals surface area (Å²) in [4.78, 5) is 25.6. The number of aliphatic carboxylic acids is 1. The minimum absolute atomic E-state index is 0.0202. The van der Waals surface area contributed by atoms with Crippen LogP contribution in [0.4, 0.5) is 18.9 Å². The number of hydrogen-bond acceptors (Lipinski definition) is 3. The molecule has 158 valence electrons. The van der Waals surface area contributed by atoms with E-state index in [1.54, 1.807) is 0 Å². The van der Waals surface area contributed by atoms with Crippen molar-refractivity contribution in [1.29, 1.82) is 0 Å². The molecule has 5 nitrogen and oxygen atoms in total. The summed E-state index contributed by atoms with van der Waals surface area (Å²) in [6.07, 6.45) is 5.15. The summed E-state index contributed by atoms with van der Waals surface area (Å²) in [6, 6.07) is 3.09. The Kier molecular flexibility index (Phi) is 7.06. The third-order valence-electron chi connectivity index (χ3n) is 5.09. The number of anilines is 1. The standard InChI is InChI=1S/C20H21ClF3NO4/c1-3-17(26)25(14-9-10-16(15(21)11-14)29-20(22,23)24)19(2,18(27)28)12-13-7-5-4-6-8-13/h1,9-11,13H,4-8,12H2,2H3,(H,27,28). The third kappa shape index (κ3) is 5.57. The van der Waals surface area contributed by atoms with Crippen molar-refractivity contribution in [2.75, 3.05) is 4.90 Å². The number of ether oxygens (including phenoxy) is 1. The highest BCUT2D eigenvalue weighted by atomic mass is 35.5. The van der Waals surface area contributed by atoms with E-state index < -0.39 is 34.5 Å². The number of amides is 1. The number of benzene rings is 1. The largest absolute Gasteiger partial charge is 0.573 e. The van der Waals surface area contributed by atoms with Crippen molar-refractivity contribution in [3.8, 4) is 18.1 Å². The molecule has 1 N–H and O–H groups in total. The van der Waals surface area contributed by atoms with Crippen LogP contribution in [-0.2, 0) is 9.59 Å². The number of rotatable bonds is 6. The molecule has 1 aromatic rings. The van der Waals surface area contributed by atoms with E-state index in [0.29, 0.717) is 0 Å². The van der Waals surface area contributed by atoms with Crippen molar-refractivity contribution < 1.29 is 32.6 Å². The van der Waals surface area contributed by atoms with Gasteiger partial charge in [-0.15, -0.1) is 19.6 Å². The van der Waals surface area contributed by atoms with Crippen molar-refractivity contribution >= 4 is 29.2 Å². The molecule has 29 heavy (non-hydrogen) atoms. The Labute approximate surface area is 171 Å². The Hall–Kier alpha value is -2.40. The summed E-state index contributed by atoms with van der Waals surface area (Å²) in [7, 11) is 0. The first-order valence-corrected chi connectivity index (χ1v) is 9.45. The summed E-state index contributed by atoms with van der Waals surface area (Å²) in [6.45, 7) is 1.38. The second-order valence-electron chi connectivity index (χ2n) is 7.23. The van der Waals surface area contributed by atoms with Gasteiger partial charge in [-0.2, -0.15) is 0 Å². The molecule has 0 radical (unpaired) electrons. The molecule has 1 amide bonds. The zero-order valence-electron chi connectivity index (χ0n) is 15.8. The van der Waals surface area contributed by atoms with Gasteiger partial charge in [0.2, 0.25) is 0 Å². The van der Waals surface area contributed by atoms with Gasteiger partial charge in [-0.1, -0.05) is 43.7 Å². The van der Waals surface area contributed by atoms with Crippen LogP contribution < -0.4 is 9.64 Å². The fourth-order valence-corrected chi connectivity index (χ4v) is 3.97. The molecule has 0 bridgehead atoms. The molecule has 1 aromatic carbocycles. The molecule has 0 heterocycles. The third-order valence-corrected chi connectivity index (χ3v) is 5.39. The van der Waals surface area contributed by atoms with E-state index in [0.717, 1.165) is 55.2 Å². The molecule has 1 fully saturated rings. The smallest absolute Gasteiger partial charge is 0.479 e. The summed E-state index contributed by atoms with van der Waals surface area (Å²) in [5.41, 5.74) is -1.71. The van der Waals surface area contributed by atoms with Crippen LogP contribution in [0.25, 0.3) is 0 Å². The van der Waals surface area contributed by atoms with Crippen LogP contribution in [-0.4, -0.2) is 28.9 Å². The van der Waals surface area contributed by atoms with Crippen LogP contribution in [0.1, 0.15) is 45.4 Å². The summed E-state index contributed by atoms with van der Waals surface area (Å²) < 4.78 is 41.2. The Bertz CT molecular complexity index is 815. The Morgan fingerprint density at radius 2 is 1.93 bits per heavy atom. The zero-order chi connectivity index (χ0) is 21.8. The summed E-state index contributed by atoms with van der Waals surface area (Å²) in [5, 5.41) is 9.52. The molecule has 0 saturated heterocycles. The van der Waals surface area contributed by atoms with Gasteiger partial charge < -0.3 is 9.84 Å². The molecular formula is C20H21ClF3NO4. The highest BCUT2D eigenvalue weighted by Gasteiger charge is 2.45. The van der Waals surface area contributed by atoms with E-state index >= 15 is 0 Å². The van der Waals surface area contributed by atoms with E-state index in [2.05, 4.69) is 4.74 Å². The van der Waals surface area contributed by atoms with Gasteiger partial charge in [0.1, 0.15) is 11.3 Å². The summed E-state index contributed by atoms with van der Waals surface area (Å²) >= 11 is 5.89. The van der Waals surface area contributed by atoms with Gasteiger partial charge in [0.15, 0.2) is 0 Å². The molecule has 1 unspecified atom stereocenters. The van der Waals surface area contributed by atoms with E-state index in [1.807, 2.05) is 5.92 Å². The van der Waals surface area contributed by atoms with Crippen molar-refractivity contribution in [2.45, 2.75) is 57.3 Å². The molecule has 9 heteroatoms.